The van der Waals surface area contributed by atoms with E-state index < -0.39 is 0 Å². The zero-order valence-electron chi connectivity index (χ0n) is 11.9. The summed E-state index contributed by atoms with van der Waals surface area (Å²) in [6.45, 7) is 3.40. The van der Waals surface area contributed by atoms with Crippen molar-refractivity contribution in [1.29, 1.82) is 0 Å². The number of rotatable bonds is 2. The number of anilines is 1. The lowest BCUT2D eigenvalue weighted by molar-refractivity contribution is -0.137. The van der Waals surface area contributed by atoms with Gasteiger partial charge < -0.3 is 15.1 Å². The summed E-state index contributed by atoms with van der Waals surface area (Å²) in [4.78, 5) is 36.0. The molecule has 0 bridgehead atoms. The molecular weight excluding hydrogens is 270 g/mol. The average Bonchev–Trinajstić information content (AvgIpc) is 2.56. The van der Waals surface area contributed by atoms with Crippen LogP contribution in [0.5, 0.6) is 0 Å². The fourth-order valence-electron chi connectivity index (χ4n) is 2.81. The topological polar surface area (TPSA) is 78.4 Å². The third-order valence-electron chi connectivity index (χ3n) is 4.08. The highest BCUT2D eigenvalue weighted by molar-refractivity contribution is 5.84. The van der Waals surface area contributed by atoms with Crippen LogP contribution >= 0.6 is 0 Å². The number of carbonyl (C=O) groups excluding carboxylic acids is 2. The molecule has 2 aliphatic rings. The lowest BCUT2D eigenvalue weighted by Gasteiger charge is -2.37. The molecule has 2 saturated heterocycles. The molecule has 0 saturated carbocycles. The smallest absolute Gasteiger partial charge is 0.227 e. The van der Waals surface area contributed by atoms with E-state index in [2.05, 4.69) is 20.2 Å². The molecule has 2 amide bonds. The fourth-order valence-corrected chi connectivity index (χ4v) is 2.81. The standard InChI is InChI=1S/C14H19N5O2/c20-13-2-1-11(9-17-13)14(21)19-7-5-18(6-8-19)12-10-15-3-4-16-12/h3-4,10-11H,1-2,5-9H2,(H,17,20). The Morgan fingerprint density at radius 2 is 2.05 bits per heavy atom. The van der Waals surface area contributed by atoms with E-state index in [9.17, 15) is 9.59 Å². The number of nitrogens with zero attached hydrogens (tertiary/aromatic N) is 4. The third-order valence-corrected chi connectivity index (χ3v) is 4.08. The molecule has 0 radical (unpaired) electrons. The van der Waals surface area contributed by atoms with Gasteiger partial charge in [-0.1, -0.05) is 0 Å². The van der Waals surface area contributed by atoms with Gasteiger partial charge in [0.15, 0.2) is 0 Å². The van der Waals surface area contributed by atoms with E-state index in [1.807, 2.05) is 4.90 Å². The molecular formula is C14H19N5O2. The molecule has 3 heterocycles. The Morgan fingerprint density at radius 3 is 2.67 bits per heavy atom. The van der Waals surface area contributed by atoms with Crippen LogP contribution in [0.2, 0.25) is 0 Å². The summed E-state index contributed by atoms with van der Waals surface area (Å²) in [5.74, 6) is 1.00. The van der Waals surface area contributed by atoms with Crippen molar-refractivity contribution >= 4 is 17.6 Å². The van der Waals surface area contributed by atoms with Gasteiger partial charge in [-0.2, -0.15) is 0 Å². The van der Waals surface area contributed by atoms with Crippen LogP contribution in [0, 0.1) is 5.92 Å². The van der Waals surface area contributed by atoms with E-state index in [1.165, 1.54) is 0 Å². The number of carbonyl (C=O) groups is 2. The van der Waals surface area contributed by atoms with Crippen LogP contribution in [0.3, 0.4) is 0 Å². The van der Waals surface area contributed by atoms with E-state index >= 15 is 0 Å². The Morgan fingerprint density at radius 1 is 1.24 bits per heavy atom. The number of hydrogen-bond donors (Lipinski definition) is 1. The number of piperazine rings is 1. The van der Waals surface area contributed by atoms with Crippen LogP contribution in [0.4, 0.5) is 5.82 Å². The SMILES string of the molecule is O=C1CCC(C(=O)N2CCN(c3cnccn3)CC2)CN1. The van der Waals surface area contributed by atoms with E-state index in [0.717, 1.165) is 18.9 Å². The fraction of sp³-hybridized carbons (Fsp3) is 0.571. The van der Waals surface area contributed by atoms with Crippen molar-refractivity contribution in [3.63, 3.8) is 0 Å². The molecule has 1 aromatic heterocycles. The van der Waals surface area contributed by atoms with Gasteiger partial charge in [0.1, 0.15) is 5.82 Å². The third kappa shape index (κ3) is 3.12. The van der Waals surface area contributed by atoms with Gasteiger partial charge in [-0.15, -0.1) is 0 Å². The zero-order valence-corrected chi connectivity index (χ0v) is 11.9. The zero-order chi connectivity index (χ0) is 14.7. The molecule has 2 aliphatic heterocycles. The van der Waals surface area contributed by atoms with E-state index in [-0.39, 0.29) is 17.7 Å². The van der Waals surface area contributed by atoms with Crippen molar-refractivity contribution in [3.05, 3.63) is 18.6 Å². The quantitative estimate of drug-likeness (QED) is 0.805. The van der Waals surface area contributed by atoms with Gasteiger partial charge in [0.05, 0.1) is 12.1 Å². The minimum Gasteiger partial charge on any atom is -0.355 e. The maximum Gasteiger partial charge on any atom is 0.227 e. The lowest BCUT2D eigenvalue weighted by atomic mass is 9.97. The predicted octanol–water partition coefficient (Wildman–Crippen LogP) is -0.349. The number of amides is 2. The summed E-state index contributed by atoms with van der Waals surface area (Å²) in [6.07, 6.45) is 6.19. The maximum absolute atomic E-state index is 12.4. The van der Waals surface area contributed by atoms with Gasteiger partial charge in [-0.05, 0) is 6.42 Å². The number of piperidine rings is 1. The van der Waals surface area contributed by atoms with Crippen LogP contribution in [0.25, 0.3) is 0 Å². The van der Waals surface area contributed by atoms with Crippen LogP contribution in [0.15, 0.2) is 18.6 Å². The van der Waals surface area contributed by atoms with Gasteiger partial charge in [-0.3, -0.25) is 14.6 Å². The minimum absolute atomic E-state index is 0.0477. The van der Waals surface area contributed by atoms with E-state index in [4.69, 9.17) is 0 Å². The molecule has 112 valence electrons. The number of aromatic nitrogens is 2. The summed E-state index contributed by atoms with van der Waals surface area (Å²) in [5, 5.41) is 2.77. The van der Waals surface area contributed by atoms with Crippen molar-refractivity contribution in [1.82, 2.24) is 20.2 Å². The van der Waals surface area contributed by atoms with Gasteiger partial charge in [0.2, 0.25) is 11.8 Å². The van der Waals surface area contributed by atoms with E-state index in [0.29, 0.717) is 32.5 Å². The van der Waals surface area contributed by atoms with Gasteiger partial charge >= 0.3 is 0 Å². The number of hydrogen-bond acceptors (Lipinski definition) is 5. The van der Waals surface area contributed by atoms with Gasteiger partial charge in [-0.25, -0.2) is 4.98 Å². The van der Waals surface area contributed by atoms with Crippen molar-refractivity contribution < 1.29 is 9.59 Å². The highest BCUT2D eigenvalue weighted by Gasteiger charge is 2.30. The average molecular weight is 289 g/mol. The van der Waals surface area contributed by atoms with Crippen molar-refractivity contribution in [2.45, 2.75) is 12.8 Å². The maximum atomic E-state index is 12.4. The highest BCUT2D eigenvalue weighted by atomic mass is 16.2. The monoisotopic (exact) mass is 289 g/mol. The molecule has 0 aromatic carbocycles. The number of nitrogens with one attached hydrogen (secondary N) is 1. The van der Waals surface area contributed by atoms with Crippen LogP contribution in [-0.4, -0.2) is 59.4 Å². The van der Waals surface area contributed by atoms with Crippen molar-refractivity contribution in [3.8, 4) is 0 Å². The Kier molecular flexibility index (Phi) is 3.98. The molecule has 2 fully saturated rings. The summed E-state index contributed by atoms with van der Waals surface area (Å²) in [7, 11) is 0. The Labute approximate surface area is 123 Å². The molecule has 7 heteroatoms. The normalized spacial score (nSPS) is 22.9. The summed E-state index contributed by atoms with van der Waals surface area (Å²) >= 11 is 0. The molecule has 1 unspecified atom stereocenters. The molecule has 1 aromatic rings. The first-order valence-electron chi connectivity index (χ1n) is 7.30. The van der Waals surface area contributed by atoms with Crippen LogP contribution < -0.4 is 10.2 Å². The lowest BCUT2D eigenvalue weighted by Crippen LogP contribution is -2.52. The first kappa shape index (κ1) is 13.8. The first-order valence-corrected chi connectivity index (χ1v) is 7.30. The molecule has 1 N–H and O–H groups in total. The molecule has 1 atom stereocenters. The summed E-state index contributed by atoms with van der Waals surface area (Å²) < 4.78 is 0. The summed E-state index contributed by atoms with van der Waals surface area (Å²) in [6, 6.07) is 0. The van der Waals surface area contributed by atoms with E-state index in [1.54, 1.807) is 18.6 Å². The van der Waals surface area contributed by atoms with Gasteiger partial charge in [0.25, 0.3) is 0 Å². The summed E-state index contributed by atoms with van der Waals surface area (Å²) in [5.41, 5.74) is 0. The first-order chi connectivity index (χ1) is 10.2. The Balaban J connectivity index is 1.53. The second-order valence-corrected chi connectivity index (χ2v) is 5.42. The van der Waals surface area contributed by atoms with Crippen molar-refractivity contribution in [2.24, 2.45) is 5.92 Å². The van der Waals surface area contributed by atoms with Crippen LogP contribution in [-0.2, 0) is 9.59 Å². The predicted molar refractivity (Wildman–Crippen MR) is 76.6 cm³/mol. The molecule has 7 nitrogen and oxygen atoms in total. The second kappa shape index (κ2) is 6.07. The molecule has 21 heavy (non-hydrogen) atoms. The highest BCUT2D eigenvalue weighted by Crippen LogP contribution is 2.17. The molecule has 0 aliphatic carbocycles. The largest absolute Gasteiger partial charge is 0.355 e. The molecule has 0 spiro atoms. The Bertz CT molecular complexity index is 503. The minimum atomic E-state index is -0.0641. The second-order valence-electron chi connectivity index (χ2n) is 5.42. The van der Waals surface area contributed by atoms with Crippen LogP contribution in [0.1, 0.15) is 12.8 Å². The Hall–Kier alpha value is -2.18. The molecule has 3 rings (SSSR count). The van der Waals surface area contributed by atoms with Gasteiger partial charge in [0, 0.05) is 51.5 Å². The van der Waals surface area contributed by atoms with Crippen molar-refractivity contribution in [2.75, 3.05) is 37.6 Å².